The number of amides is 2. The molecule has 1 aromatic carbocycles. The van der Waals surface area contributed by atoms with Gasteiger partial charge in [0, 0.05) is 22.0 Å². The normalized spacial score (nSPS) is 23.6. The van der Waals surface area contributed by atoms with E-state index in [1.54, 1.807) is 12.1 Å². The average Bonchev–Trinajstić information content (AvgIpc) is 3.33. The van der Waals surface area contributed by atoms with Crippen molar-refractivity contribution in [2.75, 3.05) is 6.79 Å². The van der Waals surface area contributed by atoms with Gasteiger partial charge in [-0.2, -0.15) is 0 Å². The Labute approximate surface area is 200 Å². The number of ether oxygens (including phenoxy) is 2. The third-order valence-electron chi connectivity index (χ3n) is 5.73. The molecular weight excluding hydrogens is 469 g/mol. The average molecular weight is 488 g/mol. The van der Waals surface area contributed by atoms with Crippen molar-refractivity contribution in [2.45, 2.75) is 25.8 Å². The molecular formula is C24H19Cl2NO4S. The third-order valence-corrected chi connectivity index (χ3v) is 7.32. The van der Waals surface area contributed by atoms with Crippen molar-refractivity contribution < 1.29 is 19.1 Å². The largest absolute Gasteiger partial charge is 0.454 e. The lowest BCUT2D eigenvalue weighted by Gasteiger charge is -2.20. The van der Waals surface area contributed by atoms with Gasteiger partial charge in [0.25, 0.3) is 11.1 Å². The van der Waals surface area contributed by atoms with Crippen molar-refractivity contribution in [3.8, 4) is 11.5 Å². The quantitative estimate of drug-likeness (QED) is 0.454. The summed E-state index contributed by atoms with van der Waals surface area (Å²) >= 11 is 13.4. The summed E-state index contributed by atoms with van der Waals surface area (Å²) in [6.45, 7) is 0.216. The number of hydrogen-bond donors (Lipinski definition) is 0. The van der Waals surface area contributed by atoms with E-state index in [1.807, 2.05) is 18.2 Å². The Kier molecular flexibility index (Phi) is 5.93. The van der Waals surface area contributed by atoms with Crippen molar-refractivity contribution in [1.29, 1.82) is 0 Å². The van der Waals surface area contributed by atoms with Crippen LogP contribution in [0.4, 0.5) is 4.79 Å². The van der Waals surface area contributed by atoms with Gasteiger partial charge in [-0.1, -0.05) is 53.6 Å². The first-order valence-electron chi connectivity index (χ1n) is 10.2. The maximum absolute atomic E-state index is 13.0. The zero-order valence-electron chi connectivity index (χ0n) is 17.0. The molecule has 1 unspecified atom stereocenters. The van der Waals surface area contributed by atoms with Crippen molar-refractivity contribution in [2.24, 2.45) is 5.92 Å². The second-order valence-electron chi connectivity index (χ2n) is 7.84. The zero-order chi connectivity index (χ0) is 22.2. The monoisotopic (exact) mass is 487 g/mol. The van der Waals surface area contributed by atoms with Crippen molar-refractivity contribution in [3.63, 3.8) is 0 Å². The molecule has 5 nitrogen and oxygen atoms in total. The van der Waals surface area contributed by atoms with Gasteiger partial charge in [-0.25, -0.2) is 0 Å². The lowest BCUT2D eigenvalue weighted by molar-refractivity contribution is -0.123. The highest BCUT2D eigenvalue weighted by atomic mass is 35.5. The van der Waals surface area contributed by atoms with Crippen LogP contribution >= 0.6 is 35.0 Å². The molecule has 4 aliphatic rings. The molecule has 0 saturated carbocycles. The topological polar surface area (TPSA) is 55.8 Å². The standard InChI is InChI=1S/C24H19Cl2NO4S/c25-18-6-4-15(5-7-18)16-3-1-2-14(8-16)9-22-23(28)27(24(29)32-22)12-17-10-20-21(11-19(17)26)31-13-30-20/h1-4,6,9-11,14H,5,7-8,12-13H2/b22-9-. The summed E-state index contributed by atoms with van der Waals surface area (Å²) in [6, 6.07) is 3.37. The van der Waals surface area contributed by atoms with Crippen molar-refractivity contribution in [1.82, 2.24) is 4.90 Å². The minimum atomic E-state index is -0.305. The van der Waals surface area contributed by atoms with Crippen LogP contribution in [0.2, 0.25) is 5.02 Å². The fourth-order valence-electron chi connectivity index (χ4n) is 4.03. The van der Waals surface area contributed by atoms with E-state index in [0.29, 0.717) is 27.0 Å². The molecule has 1 fully saturated rings. The molecule has 1 atom stereocenters. The first-order chi connectivity index (χ1) is 15.5. The van der Waals surface area contributed by atoms with Crippen LogP contribution < -0.4 is 9.47 Å². The lowest BCUT2D eigenvalue weighted by Crippen LogP contribution is -2.27. The molecule has 2 aliphatic heterocycles. The van der Waals surface area contributed by atoms with Gasteiger partial charge >= 0.3 is 0 Å². The van der Waals surface area contributed by atoms with Gasteiger partial charge in [0.05, 0.1) is 11.4 Å². The second kappa shape index (κ2) is 8.85. The molecule has 2 amide bonds. The number of imide groups is 1. The number of nitrogens with zero attached hydrogens (tertiary/aromatic N) is 1. The van der Waals surface area contributed by atoms with E-state index in [4.69, 9.17) is 32.7 Å². The summed E-state index contributed by atoms with van der Waals surface area (Å²) in [4.78, 5) is 27.3. The van der Waals surface area contributed by atoms with Crippen LogP contribution in [0.25, 0.3) is 0 Å². The number of carbonyl (C=O) groups excluding carboxylic acids is 2. The molecule has 0 aromatic heterocycles. The minimum Gasteiger partial charge on any atom is -0.454 e. The number of allylic oxidation sites excluding steroid dienone is 9. The molecule has 0 N–H and O–H groups in total. The van der Waals surface area contributed by atoms with Crippen LogP contribution in [0, 0.1) is 5.92 Å². The van der Waals surface area contributed by atoms with E-state index in [1.165, 1.54) is 16.0 Å². The summed E-state index contributed by atoms with van der Waals surface area (Å²) in [5.74, 6) is 0.869. The highest BCUT2D eigenvalue weighted by Crippen LogP contribution is 2.40. The van der Waals surface area contributed by atoms with Crippen LogP contribution in [0.15, 0.2) is 69.7 Å². The second-order valence-corrected chi connectivity index (χ2v) is 9.72. The van der Waals surface area contributed by atoms with Gasteiger partial charge in [0.1, 0.15) is 0 Å². The Morgan fingerprint density at radius 3 is 2.66 bits per heavy atom. The van der Waals surface area contributed by atoms with E-state index in [-0.39, 0.29) is 30.4 Å². The number of benzene rings is 1. The summed E-state index contributed by atoms with van der Waals surface area (Å²) < 4.78 is 10.7. The summed E-state index contributed by atoms with van der Waals surface area (Å²) in [5, 5.41) is 0.992. The van der Waals surface area contributed by atoms with Gasteiger partial charge in [0.2, 0.25) is 6.79 Å². The van der Waals surface area contributed by atoms with Gasteiger partial charge in [0.15, 0.2) is 11.5 Å². The fraction of sp³-hybridized carbons (Fsp3) is 0.250. The van der Waals surface area contributed by atoms with Crippen LogP contribution in [-0.2, 0) is 11.3 Å². The van der Waals surface area contributed by atoms with Gasteiger partial charge < -0.3 is 9.47 Å². The van der Waals surface area contributed by atoms with Gasteiger partial charge in [-0.15, -0.1) is 0 Å². The van der Waals surface area contributed by atoms with Crippen LogP contribution in [0.1, 0.15) is 24.8 Å². The predicted octanol–water partition coefficient (Wildman–Crippen LogP) is 6.49. The van der Waals surface area contributed by atoms with Gasteiger partial charge in [-0.3, -0.25) is 14.5 Å². The smallest absolute Gasteiger partial charge is 0.293 e. The van der Waals surface area contributed by atoms with Gasteiger partial charge in [-0.05, 0) is 59.9 Å². The van der Waals surface area contributed by atoms with E-state index in [9.17, 15) is 9.59 Å². The van der Waals surface area contributed by atoms with E-state index in [2.05, 4.69) is 18.2 Å². The number of halogens is 2. The molecule has 2 aliphatic carbocycles. The van der Waals surface area contributed by atoms with Crippen LogP contribution in [0.3, 0.4) is 0 Å². The fourth-order valence-corrected chi connectivity index (χ4v) is 5.29. The predicted molar refractivity (Wildman–Crippen MR) is 126 cm³/mol. The third kappa shape index (κ3) is 4.27. The molecule has 8 heteroatoms. The Balaban J connectivity index is 1.30. The highest BCUT2D eigenvalue weighted by Gasteiger charge is 2.36. The van der Waals surface area contributed by atoms with Crippen LogP contribution in [-0.4, -0.2) is 22.8 Å². The summed E-state index contributed by atoms with van der Waals surface area (Å²) in [6.07, 6.45) is 14.6. The first-order valence-corrected chi connectivity index (χ1v) is 11.8. The van der Waals surface area contributed by atoms with Crippen molar-refractivity contribution in [3.05, 3.63) is 80.3 Å². The van der Waals surface area contributed by atoms with Crippen LogP contribution in [0.5, 0.6) is 11.5 Å². The molecule has 0 bridgehead atoms. The molecule has 164 valence electrons. The molecule has 1 saturated heterocycles. The number of hydrogen-bond acceptors (Lipinski definition) is 5. The number of thioether (sulfide) groups is 1. The molecule has 1 aromatic rings. The molecule has 5 rings (SSSR count). The minimum absolute atomic E-state index is 0.0469. The Morgan fingerprint density at radius 1 is 1.06 bits per heavy atom. The molecule has 0 radical (unpaired) electrons. The highest BCUT2D eigenvalue weighted by molar-refractivity contribution is 8.18. The molecule has 32 heavy (non-hydrogen) atoms. The van der Waals surface area contributed by atoms with E-state index in [0.717, 1.165) is 36.1 Å². The first kappa shape index (κ1) is 21.4. The van der Waals surface area contributed by atoms with E-state index >= 15 is 0 Å². The Hall–Kier alpha value is -2.41. The summed E-state index contributed by atoms with van der Waals surface area (Å²) in [5.41, 5.74) is 3.14. The Morgan fingerprint density at radius 2 is 1.88 bits per heavy atom. The number of fused-ring (bicyclic) bond motifs is 1. The number of carbonyl (C=O) groups is 2. The maximum Gasteiger partial charge on any atom is 0.293 e. The lowest BCUT2D eigenvalue weighted by atomic mass is 9.86. The summed E-state index contributed by atoms with van der Waals surface area (Å²) in [7, 11) is 0. The Bertz CT molecular complexity index is 1160. The SMILES string of the molecule is O=C1S/C(=C\C2C=CC=C(C3=CC=C(Cl)CC3)C2)C(=O)N1Cc1cc2c(cc1Cl)OCO2. The maximum atomic E-state index is 13.0. The van der Waals surface area contributed by atoms with Crippen molar-refractivity contribution >= 4 is 46.1 Å². The molecule has 2 heterocycles. The van der Waals surface area contributed by atoms with E-state index < -0.39 is 0 Å². The molecule has 0 spiro atoms. The number of rotatable bonds is 4. The zero-order valence-corrected chi connectivity index (χ0v) is 19.3.